The van der Waals surface area contributed by atoms with E-state index in [0.717, 1.165) is 37.8 Å². The second-order valence-corrected chi connectivity index (χ2v) is 6.81. The van der Waals surface area contributed by atoms with Gasteiger partial charge in [-0.25, -0.2) is 4.79 Å². The van der Waals surface area contributed by atoms with Crippen molar-refractivity contribution in [3.05, 3.63) is 40.5 Å². The van der Waals surface area contributed by atoms with Crippen LogP contribution in [0.5, 0.6) is 0 Å². The van der Waals surface area contributed by atoms with Crippen LogP contribution < -0.4 is 5.32 Å². The van der Waals surface area contributed by atoms with Gasteiger partial charge in [0.1, 0.15) is 6.04 Å². The first-order valence-corrected chi connectivity index (χ1v) is 9.59. The number of anilines is 1. The normalized spacial score (nSPS) is 16.9. The molecule has 1 atom stereocenters. The number of nitrogens with zero attached hydrogens (tertiary/aromatic N) is 3. The van der Waals surface area contributed by atoms with Crippen LogP contribution in [0.4, 0.5) is 10.5 Å². The third-order valence-corrected chi connectivity index (χ3v) is 5.11. The van der Waals surface area contributed by atoms with Crippen LogP contribution in [0.25, 0.3) is 0 Å². The number of rotatable bonds is 5. The van der Waals surface area contributed by atoms with Crippen molar-refractivity contribution in [3.63, 3.8) is 0 Å². The number of urea groups is 1. The molecule has 1 saturated heterocycles. The molecule has 2 heterocycles. The predicted molar refractivity (Wildman–Crippen MR) is 101 cm³/mol. The van der Waals surface area contributed by atoms with Gasteiger partial charge in [-0.15, -0.1) is 0 Å². The molecule has 6 nitrogen and oxygen atoms in total. The zero-order chi connectivity index (χ0) is 18.7. The summed E-state index contributed by atoms with van der Waals surface area (Å²) in [6.07, 6.45) is 4.57. The SMILES string of the molecule is CCc1cc(CC)c(NC(=O)N2CCC[C@H]2c2nc(C)no2)c(CC)c1. The van der Waals surface area contributed by atoms with Gasteiger partial charge < -0.3 is 14.7 Å². The van der Waals surface area contributed by atoms with Gasteiger partial charge in [-0.1, -0.05) is 38.1 Å². The molecule has 0 radical (unpaired) electrons. The number of hydrogen-bond acceptors (Lipinski definition) is 4. The van der Waals surface area contributed by atoms with Crippen LogP contribution in [0.1, 0.15) is 68.1 Å². The Labute approximate surface area is 155 Å². The van der Waals surface area contributed by atoms with Crippen LogP contribution in [0.15, 0.2) is 16.7 Å². The smallest absolute Gasteiger partial charge is 0.322 e. The number of nitrogens with one attached hydrogen (secondary N) is 1. The Morgan fingerprint density at radius 2 is 1.92 bits per heavy atom. The minimum absolute atomic E-state index is 0.0861. The van der Waals surface area contributed by atoms with Gasteiger partial charge in [0.05, 0.1) is 0 Å². The van der Waals surface area contributed by atoms with Crippen LogP contribution >= 0.6 is 0 Å². The highest BCUT2D eigenvalue weighted by Crippen LogP contribution is 2.32. The van der Waals surface area contributed by atoms with Crippen molar-refractivity contribution in [2.24, 2.45) is 0 Å². The minimum Gasteiger partial charge on any atom is -0.337 e. The van der Waals surface area contributed by atoms with E-state index in [0.29, 0.717) is 18.3 Å². The van der Waals surface area contributed by atoms with Crippen LogP contribution in [0.3, 0.4) is 0 Å². The monoisotopic (exact) mass is 356 g/mol. The quantitative estimate of drug-likeness (QED) is 0.860. The Balaban J connectivity index is 1.85. The number of carbonyl (C=O) groups is 1. The molecule has 6 heteroatoms. The number of hydrogen-bond donors (Lipinski definition) is 1. The van der Waals surface area contributed by atoms with E-state index < -0.39 is 0 Å². The summed E-state index contributed by atoms with van der Waals surface area (Å²) in [5, 5.41) is 7.05. The highest BCUT2D eigenvalue weighted by Gasteiger charge is 2.34. The van der Waals surface area contributed by atoms with Crippen molar-refractivity contribution < 1.29 is 9.32 Å². The lowest BCUT2D eigenvalue weighted by Crippen LogP contribution is -2.35. The molecule has 1 aromatic heterocycles. The van der Waals surface area contributed by atoms with Gasteiger partial charge in [-0.05, 0) is 55.7 Å². The number of aromatic nitrogens is 2. The Morgan fingerprint density at radius 3 is 2.46 bits per heavy atom. The lowest BCUT2D eigenvalue weighted by Gasteiger charge is -2.24. The second-order valence-electron chi connectivity index (χ2n) is 6.81. The molecule has 140 valence electrons. The van der Waals surface area contributed by atoms with Gasteiger partial charge in [0.15, 0.2) is 5.82 Å². The Kier molecular flexibility index (Phi) is 5.59. The summed E-state index contributed by atoms with van der Waals surface area (Å²) in [5.74, 6) is 1.13. The number of benzene rings is 1. The number of aryl methyl sites for hydroxylation is 4. The van der Waals surface area contributed by atoms with Gasteiger partial charge in [0, 0.05) is 12.2 Å². The van der Waals surface area contributed by atoms with Gasteiger partial charge >= 0.3 is 6.03 Å². The van der Waals surface area contributed by atoms with E-state index in [-0.39, 0.29) is 12.1 Å². The fourth-order valence-electron chi connectivity index (χ4n) is 3.66. The summed E-state index contributed by atoms with van der Waals surface area (Å²) >= 11 is 0. The van der Waals surface area contributed by atoms with Gasteiger partial charge in [-0.2, -0.15) is 4.98 Å². The van der Waals surface area contributed by atoms with Gasteiger partial charge in [0.25, 0.3) is 0 Å². The first kappa shape index (κ1) is 18.4. The highest BCUT2D eigenvalue weighted by molar-refractivity contribution is 5.91. The van der Waals surface area contributed by atoms with Gasteiger partial charge in [0.2, 0.25) is 5.89 Å². The summed E-state index contributed by atoms with van der Waals surface area (Å²) in [6, 6.07) is 4.19. The Morgan fingerprint density at radius 1 is 1.23 bits per heavy atom. The van der Waals surface area contributed by atoms with Crippen molar-refractivity contribution in [2.45, 2.75) is 65.8 Å². The molecular weight excluding hydrogens is 328 g/mol. The fourth-order valence-corrected chi connectivity index (χ4v) is 3.66. The van der Waals surface area contributed by atoms with E-state index in [9.17, 15) is 4.79 Å². The van der Waals surface area contributed by atoms with E-state index in [2.05, 4.69) is 48.4 Å². The van der Waals surface area contributed by atoms with Crippen molar-refractivity contribution in [1.82, 2.24) is 15.0 Å². The highest BCUT2D eigenvalue weighted by atomic mass is 16.5. The summed E-state index contributed by atoms with van der Waals surface area (Å²) in [5.41, 5.74) is 4.67. The third-order valence-electron chi connectivity index (χ3n) is 5.11. The summed E-state index contributed by atoms with van der Waals surface area (Å²) in [4.78, 5) is 19.2. The van der Waals surface area contributed by atoms with Crippen molar-refractivity contribution in [1.29, 1.82) is 0 Å². The maximum atomic E-state index is 13.0. The molecule has 2 amide bonds. The molecule has 1 aliphatic rings. The summed E-state index contributed by atoms with van der Waals surface area (Å²) < 4.78 is 5.32. The van der Waals surface area contributed by atoms with E-state index in [1.807, 2.05) is 4.90 Å². The zero-order valence-corrected chi connectivity index (χ0v) is 16.1. The molecule has 1 fully saturated rings. The topological polar surface area (TPSA) is 71.3 Å². The van der Waals surface area contributed by atoms with Crippen molar-refractivity contribution in [2.75, 3.05) is 11.9 Å². The number of carbonyl (C=O) groups excluding carboxylic acids is 1. The zero-order valence-electron chi connectivity index (χ0n) is 16.1. The fraction of sp³-hybridized carbons (Fsp3) is 0.550. The molecular formula is C20H28N4O2. The maximum absolute atomic E-state index is 13.0. The van der Waals surface area contributed by atoms with Gasteiger partial charge in [-0.3, -0.25) is 0 Å². The second kappa shape index (κ2) is 7.89. The molecule has 0 bridgehead atoms. The maximum Gasteiger partial charge on any atom is 0.322 e. The Hall–Kier alpha value is -2.37. The van der Waals surface area contributed by atoms with Crippen LogP contribution in [-0.2, 0) is 19.3 Å². The largest absolute Gasteiger partial charge is 0.337 e. The molecule has 1 aromatic carbocycles. The molecule has 1 aliphatic heterocycles. The molecule has 1 N–H and O–H groups in total. The van der Waals surface area contributed by atoms with Crippen LogP contribution in [-0.4, -0.2) is 27.6 Å². The third kappa shape index (κ3) is 3.59. The Bertz CT molecular complexity index is 759. The van der Waals surface area contributed by atoms with Crippen molar-refractivity contribution in [3.8, 4) is 0 Å². The van der Waals surface area contributed by atoms with E-state index >= 15 is 0 Å². The number of amides is 2. The summed E-state index contributed by atoms with van der Waals surface area (Å²) in [7, 11) is 0. The standard InChI is InChI=1S/C20H28N4O2/c1-5-14-11-15(6-2)18(16(7-3)12-14)22-20(25)24-10-8-9-17(24)19-21-13(4)23-26-19/h11-12,17H,5-10H2,1-4H3,(H,22,25)/t17-/m0/s1. The van der Waals surface area contributed by atoms with E-state index in [1.165, 1.54) is 16.7 Å². The molecule has 2 aromatic rings. The molecule has 0 aliphatic carbocycles. The number of likely N-dealkylation sites (tertiary alicyclic amines) is 1. The summed E-state index contributed by atoms with van der Waals surface area (Å²) in [6.45, 7) is 8.91. The molecule has 0 saturated carbocycles. The molecule has 0 unspecified atom stereocenters. The van der Waals surface area contributed by atoms with Crippen molar-refractivity contribution >= 4 is 11.7 Å². The average Bonchev–Trinajstić information content (AvgIpc) is 3.30. The lowest BCUT2D eigenvalue weighted by molar-refractivity contribution is 0.193. The molecule has 0 spiro atoms. The van der Waals surface area contributed by atoms with Crippen LogP contribution in [0.2, 0.25) is 0 Å². The molecule has 26 heavy (non-hydrogen) atoms. The molecule has 3 rings (SSSR count). The lowest BCUT2D eigenvalue weighted by atomic mass is 9.98. The first-order valence-electron chi connectivity index (χ1n) is 9.59. The first-order chi connectivity index (χ1) is 12.6. The minimum atomic E-state index is -0.138. The average molecular weight is 356 g/mol. The van der Waals surface area contributed by atoms with E-state index in [1.54, 1.807) is 6.92 Å². The van der Waals surface area contributed by atoms with E-state index in [4.69, 9.17) is 4.52 Å². The van der Waals surface area contributed by atoms with Crippen LogP contribution in [0, 0.1) is 6.92 Å². The predicted octanol–water partition coefficient (Wildman–Crippen LogP) is 4.43.